The molecule has 5 heteroatoms. The number of nitrogens with zero attached hydrogens (tertiary/aromatic N) is 1. The number of allylic oxidation sites excluding steroid dienone is 1. The number of rotatable bonds is 3. The summed E-state index contributed by atoms with van der Waals surface area (Å²) in [4.78, 5) is 14.4. The van der Waals surface area contributed by atoms with Crippen molar-refractivity contribution in [2.75, 3.05) is 14.2 Å². The molecular weight excluding hydrogens is 162 g/mol. The minimum absolute atomic E-state index is 0.178. The lowest BCUT2D eigenvalue weighted by Crippen LogP contribution is -2.39. The number of methoxy groups -OCH3 is 2. The van der Waals surface area contributed by atoms with Gasteiger partial charge in [-0.1, -0.05) is 0 Å². The highest BCUT2D eigenvalue weighted by atomic mass is 16.6. The van der Waals surface area contributed by atoms with Gasteiger partial charge >= 0.3 is 11.7 Å². The summed E-state index contributed by atoms with van der Waals surface area (Å²) in [5.74, 6) is -1.01. The molecule has 0 aliphatic carbocycles. The van der Waals surface area contributed by atoms with Crippen molar-refractivity contribution in [2.24, 2.45) is 4.99 Å². The van der Waals surface area contributed by atoms with Crippen LogP contribution in [0.25, 0.3) is 0 Å². The van der Waals surface area contributed by atoms with E-state index >= 15 is 0 Å². The maximum Gasteiger partial charge on any atom is 0.367 e. The zero-order valence-electron chi connectivity index (χ0n) is 6.77. The quantitative estimate of drug-likeness (QED) is 0.650. The van der Waals surface area contributed by atoms with Crippen LogP contribution in [0.3, 0.4) is 0 Å². The monoisotopic (exact) mass is 171 g/mol. The summed E-state index contributed by atoms with van der Waals surface area (Å²) in [5, 5.41) is 8.81. The third-order valence-electron chi connectivity index (χ3n) is 1.62. The van der Waals surface area contributed by atoms with Gasteiger partial charge in [-0.25, -0.2) is 9.79 Å². The van der Waals surface area contributed by atoms with Gasteiger partial charge in [0.2, 0.25) is 0 Å². The summed E-state index contributed by atoms with van der Waals surface area (Å²) in [6.45, 7) is 0. The van der Waals surface area contributed by atoms with E-state index in [0.29, 0.717) is 0 Å². The highest BCUT2D eigenvalue weighted by molar-refractivity contribution is 5.89. The summed E-state index contributed by atoms with van der Waals surface area (Å²) in [7, 11) is 2.64. The van der Waals surface area contributed by atoms with E-state index in [1.165, 1.54) is 26.5 Å². The SMILES string of the molecule is COC1=CC=NC1(OC)C(=O)O. The second-order valence-electron chi connectivity index (χ2n) is 2.17. The van der Waals surface area contributed by atoms with E-state index in [4.69, 9.17) is 14.6 Å². The molecule has 1 heterocycles. The van der Waals surface area contributed by atoms with E-state index in [1.54, 1.807) is 0 Å². The van der Waals surface area contributed by atoms with Crippen molar-refractivity contribution < 1.29 is 19.4 Å². The van der Waals surface area contributed by atoms with Crippen molar-refractivity contribution in [1.82, 2.24) is 0 Å². The fraction of sp³-hybridized carbons (Fsp3) is 0.429. The Morgan fingerprint density at radius 2 is 2.33 bits per heavy atom. The first-order chi connectivity index (χ1) is 5.67. The van der Waals surface area contributed by atoms with Gasteiger partial charge < -0.3 is 14.6 Å². The molecule has 1 aliphatic rings. The Bertz CT molecular complexity index is 258. The maximum atomic E-state index is 10.8. The molecule has 0 radical (unpaired) electrons. The maximum absolute atomic E-state index is 10.8. The van der Waals surface area contributed by atoms with Crippen molar-refractivity contribution in [3.05, 3.63) is 11.8 Å². The number of carboxylic acid groups (broad SMARTS) is 1. The van der Waals surface area contributed by atoms with Crippen molar-refractivity contribution in [2.45, 2.75) is 5.72 Å². The van der Waals surface area contributed by atoms with Crippen molar-refractivity contribution >= 4 is 12.2 Å². The van der Waals surface area contributed by atoms with Crippen molar-refractivity contribution in [3.63, 3.8) is 0 Å². The summed E-state index contributed by atoms with van der Waals surface area (Å²) >= 11 is 0. The molecule has 1 unspecified atom stereocenters. The highest BCUT2D eigenvalue weighted by Crippen LogP contribution is 2.26. The van der Waals surface area contributed by atoms with Gasteiger partial charge in [-0.2, -0.15) is 0 Å². The first-order valence-electron chi connectivity index (χ1n) is 3.26. The Hall–Kier alpha value is -1.36. The predicted molar refractivity (Wildman–Crippen MR) is 41.0 cm³/mol. The van der Waals surface area contributed by atoms with E-state index < -0.39 is 11.7 Å². The lowest BCUT2D eigenvalue weighted by atomic mass is 10.2. The number of aliphatic imine (C=N–C) groups is 1. The first-order valence-corrected chi connectivity index (χ1v) is 3.26. The zero-order chi connectivity index (χ0) is 9.19. The summed E-state index contributed by atoms with van der Waals surface area (Å²) in [5.41, 5.74) is -1.67. The van der Waals surface area contributed by atoms with E-state index in [0.717, 1.165) is 0 Å². The third kappa shape index (κ3) is 0.984. The molecule has 1 rings (SSSR count). The summed E-state index contributed by atoms with van der Waals surface area (Å²) in [6, 6.07) is 0. The van der Waals surface area contributed by atoms with Gasteiger partial charge in [-0.05, 0) is 6.08 Å². The van der Waals surface area contributed by atoms with Crippen molar-refractivity contribution in [3.8, 4) is 0 Å². The van der Waals surface area contributed by atoms with Gasteiger partial charge in [0.15, 0.2) is 5.76 Å². The molecular formula is C7H9NO4. The van der Waals surface area contributed by atoms with Gasteiger partial charge in [-0.3, -0.25) is 0 Å². The molecule has 1 aliphatic heterocycles. The van der Waals surface area contributed by atoms with E-state index in [1.807, 2.05) is 0 Å². The number of hydrogen-bond donors (Lipinski definition) is 1. The Balaban J connectivity index is 3.02. The summed E-state index contributed by atoms with van der Waals surface area (Å²) < 4.78 is 9.58. The van der Waals surface area contributed by atoms with Crippen LogP contribution in [-0.2, 0) is 14.3 Å². The van der Waals surface area contributed by atoms with Crippen LogP contribution in [0.15, 0.2) is 16.8 Å². The molecule has 66 valence electrons. The molecule has 0 saturated heterocycles. The minimum Gasteiger partial charge on any atom is -0.495 e. The van der Waals surface area contributed by atoms with Gasteiger partial charge in [0, 0.05) is 13.3 Å². The van der Waals surface area contributed by atoms with E-state index in [9.17, 15) is 4.79 Å². The predicted octanol–water partition coefficient (Wildman–Crippen LogP) is 0.0284. The normalized spacial score (nSPS) is 27.0. The molecule has 1 N–H and O–H groups in total. The number of ether oxygens (including phenoxy) is 2. The van der Waals surface area contributed by atoms with Gasteiger partial charge in [0.05, 0.1) is 7.11 Å². The second-order valence-corrected chi connectivity index (χ2v) is 2.17. The number of hydrogen-bond acceptors (Lipinski definition) is 4. The molecule has 0 aromatic carbocycles. The number of carbonyl (C=O) groups is 1. The average molecular weight is 171 g/mol. The Labute approximate surface area is 69.3 Å². The lowest BCUT2D eigenvalue weighted by molar-refractivity contribution is -0.159. The molecule has 0 amide bonds. The van der Waals surface area contributed by atoms with Gasteiger partial charge in [-0.15, -0.1) is 0 Å². The molecule has 0 fully saturated rings. The van der Waals surface area contributed by atoms with Crippen molar-refractivity contribution in [1.29, 1.82) is 0 Å². The molecule has 5 nitrogen and oxygen atoms in total. The zero-order valence-corrected chi connectivity index (χ0v) is 6.77. The summed E-state index contributed by atoms with van der Waals surface area (Å²) in [6.07, 6.45) is 2.80. The van der Waals surface area contributed by atoms with Gasteiger partial charge in [0.1, 0.15) is 0 Å². The van der Waals surface area contributed by atoms with Crippen LogP contribution in [0.5, 0.6) is 0 Å². The molecule has 0 bridgehead atoms. The van der Waals surface area contributed by atoms with Crippen LogP contribution in [-0.4, -0.2) is 37.2 Å². The van der Waals surface area contributed by atoms with Crippen LogP contribution < -0.4 is 0 Å². The molecule has 0 saturated carbocycles. The highest BCUT2D eigenvalue weighted by Gasteiger charge is 2.46. The standard InChI is InChI=1S/C7H9NO4/c1-11-5-3-4-8-7(5,12-2)6(9)10/h3-4H,1-2H3,(H,9,10). The van der Waals surface area contributed by atoms with Crippen LogP contribution in [0.1, 0.15) is 0 Å². The number of carboxylic acids is 1. The van der Waals surface area contributed by atoms with Crippen LogP contribution >= 0.6 is 0 Å². The molecule has 1 atom stereocenters. The minimum atomic E-state index is -1.67. The molecule has 12 heavy (non-hydrogen) atoms. The van der Waals surface area contributed by atoms with Crippen LogP contribution in [0.4, 0.5) is 0 Å². The van der Waals surface area contributed by atoms with E-state index in [-0.39, 0.29) is 5.76 Å². The Morgan fingerprint density at radius 3 is 2.67 bits per heavy atom. The molecule has 0 aromatic heterocycles. The lowest BCUT2D eigenvalue weighted by Gasteiger charge is -2.21. The first kappa shape index (κ1) is 8.73. The fourth-order valence-electron chi connectivity index (χ4n) is 0.994. The third-order valence-corrected chi connectivity index (χ3v) is 1.62. The average Bonchev–Trinajstić information content (AvgIpc) is 2.47. The Kier molecular flexibility index (Phi) is 2.14. The molecule has 0 aromatic rings. The topological polar surface area (TPSA) is 68.1 Å². The largest absolute Gasteiger partial charge is 0.495 e. The fourth-order valence-corrected chi connectivity index (χ4v) is 0.994. The second kappa shape index (κ2) is 2.94. The smallest absolute Gasteiger partial charge is 0.367 e. The number of aliphatic carboxylic acids is 1. The van der Waals surface area contributed by atoms with E-state index in [2.05, 4.69) is 4.99 Å². The van der Waals surface area contributed by atoms with Crippen LogP contribution in [0.2, 0.25) is 0 Å². The van der Waals surface area contributed by atoms with Gasteiger partial charge in [0.25, 0.3) is 0 Å². The molecule has 0 spiro atoms. The van der Waals surface area contributed by atoms with Crippen LogP contribution in [0, 0.1) is 0 Å². The Morgan fingerprint density at radius 1 is 1.67 bits per heavy atom.